The second-order valence-corrected chi connectivity index (χ2v) is 4.21. The molecule has 0 aliphatic rings. The fourth-order valence-electron chi connectivity index (χ4n) is 0.751. The van der Waals surface area contributed by atoms with Crippen molar-refractivity contribution in [3.05, 3.63) is 28.2 Å². The zero-order valence-electron chi connectivity index (χ0n) is 6.90. The molecule has 1 rings (SSSR count). The van der Waals surface area contributed by atoms with Crippen LogP contribution in [-0.4, -0.2) is 5.75 Å². The molecule has 72 valence electrons. The third kappa shape index (κ3) is 2.84. The van der Waals surface area contributed by atoms with Crippen LogP contribution < -0.4 is 4.72 Å². The Balaban J connectivity index is 2.88. The van der Waals surface area contributed by atoms with Gasteiger partial charge in [-0.15, -0.1) is 0 Å². The van der Waals surface area contributed by atoms with Crippen LogP contribution in [0, 0.1) is 11.6 Å². The van der Waals surface area contributed by atoms with Crippen molar-refractivity contribution in [2.24, 2.45) is 0 Å². The highest BCUT2D eigenvalue weighted by Gasteiger charge is 2.07. The van der Waals surface area contributed by atoms with Crippen molar-refractivity contribution in [2.75, 3.05) is 10.5 Å². The van der Waals surface area contributed by atoms with E-state index in [0.29, 0.717) is 0 Å². The molecule has 0 spiro atoms. The molecule has 0 unspecified atom stereocenters. The van der Waals surface area contributed by atoms with Crippen LogP contribution in [0.1, 0.15) is 6.92 Å². The molecular weight excluding hydrogens is 260 g/mol. The molecule has 0 aromatic heterocycles. The summed E-state index contributed by atoms with van der Waals surface area (Å²) in [6, 6.07) is 2.23. The van der Waals surface area contributed by atoms with E-state index in [2.05, 4.69) is 20.7 Å². The molecule has 1 nitrogen and oxygen atoms in total. The molecule has 1 aromatic carbocycles. The quantitative estimate of drug-likeness (QED) is 0.661. The molecule has 0 atom stereocenters. The minimum absolute atomic E-state index is 0.136. The lowest BCUT2D eigenvalue weighted by molar-refractivity contribution is 0.598. The van der Waals surface area contributed by atoms with Gasteiger partial charge in [0.25, 0.3) is 0 Å². The van der Waals surface area contributed by atoms with Gasteiger partial charge >= 0.3 is 0 Å². The third-order valence-corrected chi connectivity index (χ3v) is 2.60. The Kier molecular flexibility index (Phi) is 3.99. The first-order valence-electron chi connectivity index (χ1n) is 3.67. The summed E-state index contributed by atoms with van der Waals surface area (Å²) >= 11 is 4.22. The van der Waals surface area contributed by atoms with Gasteiger partial charge in [0.1, 0.15) is 11.6 Å². The third-order valence-electron chi connectivity index (χ3n) is 1.34. The van der Waals surface area contributed by atoms with Gasteiger partial charge in [-0.1, -0.05) is 18.9 Å². The maximum atomic E-state index is 13.1. The van der Waals surface area contributed by atoms with Gasteiger partial charge in [-0.05, 0) is 22.0 Å². The summed E-state index contributed by atoms with van der Waals surface area (Å²) in [6.45, 7) is 1.92. The highest BCUT2D eigenvalue weighted by atomic mass is 79.9. The van der Waals surface area contributed by atoms with Gasteiger partial charge < -0.3 is 4.72 Å². The summed E-state index contributed by atoms with van der Waals surface area (Å²) in [6.07, 6.45) is 0. The molecule has 1 N–H and O–H groups in total. The summed E-state index contributed by atoms with van der Waals surface area (Å²) < 4.78 is 28.9. The second-order valence-electron chi connectivity index (χ2n) is 2.28. The summed E-state index contributed by atoms with van der Waals surface area (Å²) in [5, 5.41) is 0. The van der Waals surface area contributed by atoms with E-state index in [1.54, 1.807) is 0 Å². The van der Waals surface area contributed by atoms with Crippen molar-refractivity contribution in [2.45, 2.75) is 6.92 Å². The molecule has 0 fully saturated rings. The Hall–Kier alpha value is -0.290. The largest absolute Gasteiger partial charge is 0.327 e. The summed E-state index contributed by atoms with van der Waals surface area (Å²) in [5.74, 6) is -0.147. The maximum Gasteiger partial charge on any atom is 0.148 e. The van der Waals surface area contributed by atoms with Crippen LogP contribution in [-0.2, 0) is 0 Å². The number of halogens is 3. The van der Waals surface area contributed by atoms with E-state index >= 15 is 0 Å². The molecule has 0 aliphatic heterocycles. The van der Waals surface area contributed by atoms with Crippen LogP contribution in [0.4, 0.5) is 14.5 Å². The van der Waals surface area contributed by atoms with Gasteiger partial charge in [-0.2, -0.15) is 0 Å². The number of rotatable bonds is 3. The zero-order valence-corrected chi connectivity index (χ0v) is 9.31. The van der Waals surface area contributed by atoms with Gasteiger partial charge in [0.2, 0.25) is 0 Å². The molecule has 0 saturated carbocycles. The highest BCUT2D eigenvalue weighted by Crippen LogP contribution is 2.24. The van der Waals surface area contributed by atoms with E-state index in [1.807, 2.05) is 6.92 Å². The lowest BCUT2D eigenvalue weighted by Crippen LogP contribution is -1.93. The fraction of sp³-hybridized carbons (Fsp3) is 0.250. The topological polar surface area (TPSA) is 12.0 Å². The average Bonchev–Trinajstić information content (AvgIpc) is 2.09. The Morgan fingerprint density at radius 2 is 2.08 bits per heavy atom. The van der Waals surface area contributed by atoms with E-state index in [-0.39, 0.29) is 10.2 Å². The van der Waals surface area contributed by atoms with Crippen molar-refractivity contribution >= 4 is 33.6 Å². The first kappa shape index (κ1) is 10.8. The van der Waals surface area contributed by atoms with E-state index in [4.69, 9.17) is 0 Å². The first-order valence-corrected chi connectivity index (χ1v) is 5.45. The normalized spacial score (nSPS) is 10.2. The van der Waals surface area contributed by atoms with E-state index in [0.717, 1.165) is 17.9 Å². The van der Waals surface area contributed by atoms with E-state index < -0.39 is 11.6 Å². The fourth-order valence-corrected chi connectivity index (χ4v) is 1.52. The standard InChI is InChI=1S/C8H8BrF2NS/c1-2-13-12-8-4-6(10)5(9)3-7(8)11/h3-4,12H,2H2,1H3. The number of hydrogen-bond acceptors (Lipinski definition) is 2. The molecule has 0 aliphatic carbocycles. The number of benzene rings is 1. The van der Waals surface area contributed by atoms with Crippen molar-refractivity contribution in [1.29, 1.82) is 0 Å². The molecule has 0 bridgehead atoms. The minimum Gasteiger partial charge on any atom is -0.327 e. The van der Waals surface area contributed by atoms with Crippen LogP contribution in [0.15, 0.2) is 16.6 Å². The van der Waals surface area contributed by atoms with Gasteiger partial charge in [0.05, 0.1) is 10.2 Å². The number of nitrogens with one attached hydrogen (secondary N) is 1. The zero-order chi connectivity index (χ0) is 9.84. The predicted molar refractivity (Wildman–Crippen MR) is 55.8 cm³/mol. The molecule has 5 heteroatoms. The second kappa shape index (κ2) is 4.81. The van der Waals surface area contributed by atoms with Crippen LogP contribution in [0.25, 0.3) is 0 Å². The summed E-state index contributed by atoms with van der Waals surface area (Å²) in [5.41, 5.74) is 0.174. The number of anilines is 1. The first-order chi connectivity index (χ1) is 6.15. The van der Waals surface area contributed by atoms with Crippen LogP contribution in [0.3, 0.4) is 0 Å². The maximum absolute atomic E-state index is 13.1. The van der Waals surface area contributed by atoms with Gasteiger partial charge in [0, 0.05) is 11.8 Å². The number of hydrogen-bond donors (Lipinski definition) is 1. The van der Waals surface area contributed by atoms with E-state index in [1.165, 1.54) is 11.9 Å². The molecule has 0 heterocycles. The molecular formula is C8H8BrF2NS. The molecule has 13 heavy (non-hydrogen) atoms. The van der Waals surface area contributed by atoms with Gasteiger partial charge in [-0.3, -0.25) is 0 Å². The SMILES string of the molecule is CCSNc1cc(F)c(Br)cc1F. The Labute approximate surface area is 88.2 Å². The molecule has 1 aromatic rings. The summed E-state index contributed by atoms with van der Waals surface area (Å²) in [7, 11) is 0. The predicted octanol–water partition coefficient (Wildman–Crippen LogP) is 3.81. The van der Waals surface area contributed by atoms with Crippen LogP contribution in [0.2, 0.25) is 0 Å². The molecule has 0 radical (unpaired) electrons. The Bertz CT molecular complexity index is 306. The highest BCUT2D eigenvalue weighted by molar-refractivity contribution is 9.10. The lowest BCUT2D eigenvalue weighted by atomic mass is 10.3. The molecule has 0 amide bonds. The van der Waals surface area contributed by atoms with Crippen molar-refractivity contribution in [3.8, 4) is 0 Å². The average molecular weight is 268 g/mol. The van der Waals surface area contributed by atoms with Gasteiger partial charge in [0.15, 0.2) is 0 Å². The van der Waals surface area contributed by atoms with Crippen molar-refractivity contribution in [3.63, 3.8) is 0 Å². The molecule has 0 saturated heterocycles. The van der Waals surface area contributed by atoms with Crippen LogP contribution in [0.5, 0.6) is 0 Å². The Morgan fingerprint density at radius 3 is 2.69 bits per heavy atom. The lowest BCUT2D eigenvalue weighted by Gasteiger charge is -2.05. The summed E-state index contributed by atoms with van der Waals surface area (Å²) in [4.78, 5) is 0. The smallest absolute Gasteiger partial charge is 0.148 e. The minimum atomic E-state index is -0.472. The monoisotopic (exact) mass is 267 g/mol. The Morgan fingerprint density at radius 1 is 1.38 bits per heavy atom. The van der Waals surface area contributed by atoms with Crippen molar-refractivity contribution < 1.29 is 8.78 Å². The van der Waals surface area contributed by atoms with Crippen LogP contribution >= 0.6 is 27.9 Å². The van der Waals surface area contributed by atoms with E-state index in [9.17, 15) is 8.78 Å². The van der Waals surface area contributed by atoms with Gasteiger partial charge in [-0.25, -0.2) is 8.78 Å². The van der Waals surface area contributed by atoms with Crippen molar-refractivity contribution in [1.82, 2.24) is 0 Å².